The standard InChI is InChI=1S/C19H25N3O2/c1-12(2)18-11-16(21-24-18)17-6-5-7-22(17)19(23)20-15-9-13(3)8-14(4)10-15/h8-12,17H,5-7H2,1-4H3,(H,20,23). The van der Waals surface area contributed by atoms with Crippen LogP contribution in [0.1, 0.15) is 61.2 Å². The van der Waals surface area contributed by atoms with Crippen LogP contribution < -0.4 is 5.32 Å². The number of aromatic nitrogens is 1. The quantitative estimate of drug-likeness (QED) is 0.882. The van der Waals surface area contributed by atoms with Gasteiger partial charge in [-0.2, -0.15) is 0 Å². The Labute approximate surface area is 143 Å². The van der Waals surface area contributed by atoms with Crippen molar-refractivity contribution < 1.29 is 9.32 Å². The zero-order chi connectivity index (χ0) is 17.3. The molecule has 0 spiro atoms. The fourth-order valence-corrected chi connectivity index (χ4v) is 3.29. The highest BCUT2D eigenvalue weighted by molar-refractivity contribution is 5.90. The predicted octanol–water partition coefficient (Wildman–Crippen LogP) is 4.78. The summed E-state index contributed by atoms with van der Waals surface area (Å²) in [7, 11) is 0. The van der Waals surface area contributed by atoms with Gasteiger partial charge in [0.15, 0.2) is 0 Å². The van der Waals surface area contributed by atoms with Gasteiger partial charge in [0.05, 0.1) is 6.04 Å². The largest absolute Gasteiger partial charge is 0.361 e. The van der Waals surface area contributed by atoms with Crippen LogP contribution in [0, 0.1) is 13.8 Å². The molecule has 1 aromatic heterocycles. The summed E-state index contributed by atoms with van der Waals surface area (Å²) in [4.78, 5) is 14.6. The second-order valence-corrected chi connectivity index (χ2v) is 6.97. The van der Waals surface area contributed by atoms with Gasteiger partial charge in [0.25, 0.3) is 0 Å². The second-order valence-electron chi connectivity index (χ2n) is 6.97. The first kappa shape index (κ1) is 16.6. The zero-order valence-electron chi connectivity index (χ0n) is 14.8. The molecule has 1 fully saturated rings. The number of nitrogens with zero attached hydrogens (tertiary/aromatic N) is 2. The van der Waals surface area contributed by atoms with E-state index in [1.54, 1.807) is 0 Å². The summed E-state index contributed by atoms with van der Waals surface area (Å²) in [6.45, 7) is 8.95. The molecule has 1 saturated heterocycles. The highest BCUT2D eigenvalue weighted by Crippen LogP contribution is 2.33. The number of carbonyl (C=O) groups excluding carboxylic acids is 1. The highest BCUT2D eigenvalue weighted by Gasteiger charge is 2.32. The van der Waals surface area contributed by atoms with Crippen LogP contribution in [0.4, 0.5) is 10.5 Å². The molecule has 2 aromatic rings. The van der Waals surface area contributed by atoms with E-state index >= 15 is 0 Å². The number of hydrogen-bond donors (Lipinski definition) is 1. The van der Waals surface area contributed by atoms with Gasteiger partial charge in [-0.3, -0.25) is 0 Å². The number of amides is 2. The third-order valence-electron chi connectivity index (χ3n) is 4.44. The van der Waals surface area contributed by atoms with Crippen molar-refractivity contribution >= 4 is 11.7 Å². The maximum atomic E-state index is 12.7. The van der Waals surface area contributed by atoms with Crippen molar-refractivity contribution in [3.05, 3.63) is 46.8 Å². The van der Waals surface area contributed by atoms with E-state index in [4.69, 9.17) is 4.52 Å². The third kappa shape index (κ3) is 3.45. The molecular weight excluding hydrogens is 302 g/mol. The number of aryl methyl sites for hydroxylation is 2. The maximum absolute atomic E-state index is 12.7. The lowest BCUT2D eigenvalue weighted by Crippen LogP contribution is -2.34. The van der Waals surface area contributed by atoms with E-state index < -0.39 is 0 Å². The number of likely N-dealkylation sites (tertiary alicyclic amines) is 1. The topological polar surface area (TPSA) is 58.4 Å². The van der Waals surface area contributed by atoms with E-state index in [1.807, 2.05) is 36.9 Å². The lowest BCUT2D eigenvalue weighted by molar-refractivity contribution is 0.204. The van der Waals surface area contributed by atoms with Crippen molar-refractivity contribution in [2.24, 2.45) is 0 Å². The van der Waals surface area contributed by atoms with Gasteiger partial charge in [-0.05, 0) is 49.9 Å². The second kappa shape index (κ2) is 6.67. The zero-order valence-corrected chi connectivity index (χ0v) is 14.8. The Morgan fingerprint density at radius 1 is 1.25 bits per heavy atom. The Bertz CT molecular complexity index is 716. The summed E-state index contributed by atoms with van der Waals surface area (Å²) in [5.41, 5.74) is 3.97. The van der Waals surface area contributed by atoms with Gasteiger partial charge in [0, 0.05) is 24.2 Å². The molecule has 5 heteroatoms. The Hall–Kier alpha value is -2.30. The Balaban J connectivity index is 1.75. The number of nitrogens with one attached hydrogen (secondary N) is 1. The molecule has 0 aliphatic carbocycles. The van der Waals surface area contributed by atoms with Crippen LogP contribution in [0.5, 0.6) is 0 Å². The molecule has 1 aliphatic heterocycles. The fraction of sp³-hybridized carbons (Fsp3) is 0.474. The predicted molar refractivity (Wildman–Crippen MR) is 94.2 cm³/mol. The van der Waals surface area contributed by atoms with E-state index in [1.165, 1.54) is 0 Å². The van der Waals surface area contributed by atoms with Crippen molar-refractivity contribution in [3.8, 4) is 0 Å². The summed E-state index contributed by atoms with van der Waals surface area (Å²) in [6, 6.07) is 7.98. The molecular formula is C19H25N3O2. The molecule has 24 heavy (non-hydrogen) atoms. The van der Waals surface area contributed by atoms with Crippen LogP contribution in [0.2, 0.25) is 0 Å². The molecule has 5 nitrogen and oxygen atoms in total. The van der Waals surface area contributed by atoms with Crippen molar-refractivity contribution in [2.45, 2.75) is 52.5 Å². The van der Waals surface area contributed by atoms with Gasteiger partial charge >= 0.3 is 6.03 Å². The number of rotatable bonds is 3. The van der Waals surface area contributed by atoms with E-state index in [0.29, 0.717) is 5.92 Å². The number of hydrogen-bond acceptors (Lipinski definition) is 3. The molecule has 128 valence electrons. The van der Waals surface area contributed by atoms with Crippen molar-refractivity contribution in [2.75, 3.05) is 11.9 Å². The highest BCUT2D eigenvalue weighted by atomic mass is 16.5. The molecule has 2 heterocycles. The molecule has 0 saturated carbocycles. The normalized spacial score (nSPS) is 17.5. The van der Waals surface area contributed by atoms with E-state index in [-0.39, 0.29) is 12.1 Å². The minimum Gasteiger partial charge on any atom is -0.361 e. The van der Waals surface area contributed by atoms with Gasteiger partial charge in [-0.25, -0.2) is 4.79 Å². The van der Waals surface area contributed by atoms with Crippen LogP contribution in [-0.4, -0.2) is 22.6 Å². The van der Waals surface area contributed by atoms with E-state index in [2.05, 4.69) is 30.4 Å². The molecule has 0 bridgehead atoms. The molecule has 1 atom stereocenters. The smallest absolute Gasteiger partial charge is 0.322 e. The van der Waals surface area contributed by atoms with Gasteiger partial charge in [-0.15, -0.1) is 0 Å². The minimum absolute atomic E-state index is 0.00726. The fourth-order valence-electron chi connectivity index (χ4n) is 3.29. The van der Waals surface area contributed by atoms with Crippen LogP contribution in [-0.2, 0) is 0 Å². The van der Waals surface area contributed by atoms with Crippen molar-refractivity contribution in [3.63, 3.8) is 0 Å². The van der Waals surface area contributed by atoms with Crippen LogP contribution in [0.25, 0.3) is 0 Å². The summed E-state index contributed by atoms with van der Waals surface area (Å²) >= 11 is 0. The molecule has 1 N–H and O–H groups in total. The van der Waals surface area contributed by atoms with Gasteiger partial charge < -0.3 is 14.7 Å². The van der Waals surface area contributed by atoms with Gasteiger partial charge in [-0.1, -0.05) is 25.1 Å². The average molecular weight is 327 g/mol. The molecule has 2 amide bonds. The Morgan fingerprint density at radius 2 is 1.96 bits per heavy atom. The Morgan fingerprint density at radius 3 is 2.58 bits per heavy atom. The van der Waals surface area contributed by atoms with Crippen LogP contribution in [0.15, 0.2) is 28.8 Å². The average Bonchev–Trinajstić information content (AvgIpc) is 3.15. The van der Waals surface area contributed by atoms with E-state index in [9.17, 15) is 4.79 Å². The third-order valence-corrected chi connectivity index (χ3v) is 4.44. The van der Waals surface area contributed by atoms with Gasteiger partial charge in [0.2, 0.25) is 0 Å². The minimum atomic E-state index is -0.0726. The first-order chi connectivity index (χ1) is 11.4. The molecule has 1 aliphatic rings. The SMILES string of the molecule is Cc1cc(C)cc(NC(=O)N2CCCC2c2cc(C(C)C)on2)c1. The number of urea groups is 1. The lowest BCUT2D eigenvalue weighted by Gasteiger charge is -2.23. The molecule has 1 aromatic carbocycles. The number of carbonyl (C=O) groups is 1. The summed E-state index contributed by atoms with van der Waals surface area (Å²) in [5, 5.41) is 7.21. The first-order valence-corrected chi connectivity index (χ1v) is 8.56. The monoisotopic (exact) mass is 327 g/mol. The lowest BCUT2D eigenvalue weighted by atomic mass is 10.1. The first-order valence-electron chi connectivity index (χ1n) is 8.56. The number of benzene rings is 1. The number of anilines is 1. The molecule has 1 unspecified atom stereocenters. The van der Waals surface area contributed by atoms with Gasteiger partial charge in [0.1, 0.15) is 11.5 Å². The molecule has 0 radical (unpaired) electrons. The van der Waals surface area contributed by atoms with Crippen LogP contribution in [0.3, 0.4) is 0 Å². The Kier molecular flexibility index (Phi) is 4.60. The van der Waals surface area contributed by atoms with Crippen molar-refractivity contribution in [1.82, 2.24) is 10.1 Å². The molecule has 3 rings (SSSR count). The van der Waals surface area contributed by atoms with Crippen LogP contribution >= 0.6 is 0 Å². The van der Waals surface area contributed by atoms with E-state index in [0.717, 1.165) is 47.7 Å². The maximum Gasteiger partial charge on any atom is 0.322 e. The summed E-state index contributed by atoms with van der Waals surface area (Å²) in [6.07, 6.45) is 1.90. The summed E-state index contributed by atoms with van der Waals surface area (Å²) < 4.78 is 5.41. The summed E-state index contributed by atoms with van der Waals surface area (Å²) in [5.74, 6) is 1.16. The van der Waals surface area contributed by atoms with Crippen molar-refractivity contribution in [1.29, 1.82) is 0 Å².